The third-order valence-corrected chi connectivity index (χ3v) is 3.10. The number of nitrogens with zero attached hydrogens (tertiary/aromatic N) is 2. The predicted molar refractivity (Wildman–Crippen MR) is 56.9 cm³/mol. The van der Waals surface area contributed by atoms with Crippen molar-refractivity contribution in [2.45, 2.75) is 12.8 Å². The van der Waals surface area contributed by atoms with Crippen molar-refractivity contribution < 1.29 is 4.79 Å². The molecule has 2 aromatic heterocycles. The minimum atomic E-state index is 0.0740. The maximum Gasteiger partial charge on any atom is 0.184 e. The number of rotatable bonds is 4. The molecule has 72 valence electrons. The van der Waals surface area contributed by atoms with Gasteiger partial charge in [-0.2, -0.15) is 11.3 Å². The molecule has 0 saturated carbocycles. The summed E-state index contributed by atoms with van der Waals surface area (Å²) in [6.45, 7) is 0. The SMILES string of the molecule is O=C(CCc1ccsc1)c1csnn1. The molecule has 2 rings (SSSR count). The van der Waals surface area contributed by atoms with E-state index in [0.29, 0.717) is 12.1 Å². The molecule has 0 N–H and O–H groups in total. The Kier molecular flexibility index (Phi) is 3.00. The van der Waals surface area contributed by atoms with Gasteiger partial charge < -0.3 is 0 Å². The smallest absolute Gasteiger partial charge is 0.184 e. The zero-order chi connectivity index (χ0) is 9.80. The lowest BCUT2D eigenvalue weighted by molar-refractivity contribution is 0.0978. The second-order valence-electron chi connectivity index (χ2n) is 2.84. The molecule has 3 nitrogen and oxygen atoms in total. The standard InChI is InChI=1S/C9H8N2OS2/c12-9(8-6-14-11-10-8)2-1-7-3-4-13-5-7/h3-6H,1-2H2. The van der Waals surface area contributed by atoms with E-state index in [1.54, 1.807) is 16.7 Å². The molecule has 0 aromatic carbocycles. The lowest BCUT2D eigenvalue weighted by Gasteiger charge is -1.94. The van der Waals surface area contributed by atoms with Crippen LogP contribution in [-0.4, -0.2) is 15.4 Å². The molecule has 0 saturated heterocycles. The predicted octanol–water partition coefficient (Wildman–Crippen LogP) is 2.42. The van der Waals surface area contributed by atoms with E-state index in [-0.39, 0.29) is 5.78 Å². The number of hydrogen-bond acceptors (Lipinski definition) is 5. The monoisotopic (exact) mass is 224 g/mol. The largest absolute Gasteiger partial charge is 0.292 e. The fourth-order valence-corrected chi connectivity index (χ4v) is 2.27. The van der Waals surface area contributed by atoms with Crippen molar-refractivity contribution in [1.29, 1.82) is 0 Å². The highest BCUT2D eigenvalue weighted by Gasteiger charge is 2.08. The number of carbonyl (C=O) groups excluding carboxylic acids is 1. The van der Waals surface area contributed by atoms with Crippen LogP contribution in [0.4, 0.5) is 0 Å². The highest BCUT2D eigenvalue weighted by Crippen LogP contribution is 2.10. The number of Topliss-reactive ketones (excluding diaryl/α,β-unsaturated/α-hetero) is 1. The van der Waals surface area contributed by atoms with Crippen molar-refractivity contribution in [3.05, 3.63) is 33.5 Å². The maximum atomic E-state index is 11.5. The molecular weight excluding hydrogens is 216 g/mol. The molecule has 5 heteroatoms. The van der Waals surface area contributed by atoms with Gasteiger partial charge in [-0.25, -0.2) is 0 Å². The van der Waals surface area contributed by atoms with Gasteiger partial charge in [-0.1, -0.05) is 4.49 Å². The minimum Gasteiger partial charge on any atom is -0.292 e. The van der Waals surface area contributed by atoms with E-state index in [0.717, 1.165) is 6.42 Å². The third kappa shape index (κ3) is 2.24. The summed E-state index contributed by atoms with van der Waals surface area (Å²) in [7, 11) is 0. The number of hydrogen-bond donors (Lipinski definition) is 0. The van der Waals surface area contributed by atoms with Gasteiger partial charge in [0.15, 0.2) is 5.78 Å². The van der Waals surface area contributed by atoms with Crippen LogP contribution in [0.25, 0.3) is 0 Å². The number of thiophene rings is 1. The molecule has 0 aliphatic rings. The summed E-state index contributed by atoms with van der Waals surface area (Å²) >= 11 is 2.86. The second-order valence-corrected chi connectivity index (χ2v) is 4.23. The van der Waals surface area contributed by atoms with E-state index in [4.69, 9.17) is 0 Å². The van der Waals surface area contributed by atoms with Crippen LogP contribution < -0.4 is 0 Å². The van der Waals surface area contributed by atoms with Crippen LogP contribution in [0, 0.1) is 0 Å². The van der Waals surface area contributed by atoms with Crippen LogP contribution in [0.2, 0.25) is 0 Å². The molecule has 0 fully saturated rings. The molecule has 0 atom stereocenters. The summed E-state index contributed by atoms with van der Waals surface area (Å²) in [4.78, 5) is 11.5. The van der Waals surface area contributed by atoms with E-state index in [9.17, 15) is 4.79 Å². The zero-order valence-electron chi connectivity index (χ0n) is 7.34. The fraction of sp³-hybridized carbons (Fsp3) is 0.222. The average Bonchev–Trinajstić information content (AvgIpc) is 2.87. The normalized spacial score (nSPS) is 10.3. The van der Waals surface area contributed by atoms with Crippen molar-refractivity contribution in [1.82, 2.24) is 9.59 Å². The molecule has 0 radical (unpaired) electrons. The van der Waals surface area contributed by atoms with Gasteiger partial charge >= 0.3 is 0 Å². The van der Waals surface area contributed by atoms with Crippen LogP contribution >= 0.6 is 22.9 Å². The van der Waals surface area contributed by atoms with E-state index in [2.05, 4.69) is 15.0 Å². The minimum absolute atomic E-state index is 0.0740. The van der Waals surface area contributed by atoms with Crippen LogP contribution in [0.5, 0.6) is 0 Å². The Bertz CT molecular complexity index is 394. The van der Waals surface area contributed by atoms with Crippen LogP contribution in [0.15, 0.2) is 22.2 Å². The van der Waals surface area contributed by atoms with E-state index >= 15 is 0 Å². The summed E-state index contributed by atoms with van der Waals surface area (Å²) in [5.74, 6) is 0.0740. The summed E-state index contributed by atoms with van der Waals surface area (Å²) in [6, 6.07) is 2.04. The van der Waals surface area contributed by atoms with Crippen molar-refractivity contribution >= 4 is 28.7 Å². The number of aromatic nitrogens is 2. The molecule has 0 unspecified atom stereocenters. The second kappa shape index (κ2) is 4.43. The topological polar surface area (TPSA) is 42.9 Å². The highest BCUT2D eigenvalue weighted by atomic mass is 32.1. The Morgan fingerprint density at radius 3 is 3.00 bits per heavy atom. The Morgan fingerprint density at radius 2 is 2.36 bits per heavy atom. The van der Waals surface area contributed by atoms with Crippen molar-refractivity contribution in [3.63, 3.8) is 0 Å². The lowest BCUT2D eigenvalue weighted by atomic mass is 10.1. The van der Waals surface area contributed by atoms with Gasteiger partial charge in [-0.15, -0.1) is 5.10 Å². The summed E-state index contributed by atoms with van der Waals surface area (Å²) in [6.07, 6.45) is 1.31. The van der Waals surface area contributed by atoms with Gasteiger partial charge in [-0.3, -0.25) is 4.79 Å². The van der Waals surface area contributed by atoms with Crippen molar-refractivity contribution in [2.24, 2.45) is 0 Å². The first-order valence-corrected chi connectivity index (χ1v) is 5.95. The van der Waals surface area contributed by atoms with Gasteiger partial charge in [0.2, 0.25) is 0 Å². The number of aryl methyl sites for hydroxylation is 1. The van der Waals surface area contributed by atoms with Crippen molar-refractivity contribution in [3.8, 4) is 0 Å². The summed E-state index contributed by atoms with van der Waals surface area (Å²) < 4.78 is 3.66. The molecular formula is C9H8N2OS2. The van der Waals surface area contributed by atoms with Gasteiger partial charge in [0.1, 0.15) is 5.69 Å². The van der Waals surface area contributed by atoms with Gasteiger partial charge in [0.25, 0.3) is 0 Å². The van der Waals surface area contributed by atoms with Gasteiger partial charge in [0, 0.05) is 11.8 Å². The maximum absolute atomic E-state index is 11.5. The first kappa shape index (κ1) is 9.48. The molecule has 0 bridgehead atoms. The van der Waals surface area contributed by atoms with Crippen LogP contribution in [0.1, 0.15) is 22.5 Å². The number of carbonyl (C=O) groups is 1. The summed E-state index contributed by atoms with van der Waals surface area (Å²) in [5, 5.41) is 9.51. The van der Waals surface area contributed by atoms with Crippen LogP contribution in [-0.2, 0) is 6.42 Å². The third-order valence-electron chi connectivity index (χ3n) is 1.87. The number of ketones is 1. The molecule has 0 aliphatic carbocycles. The first-order valence-electron chi connectivity index (χ1n) is 4.17. The molecule has 0 aliphatic heterocycles. The first-order chi connectivity index (χ1) is 6.86. The molecule has 2 aromatic rings. The molecule has 2 heterocycles. The quantitative estimate of drug-likeness (QED) is 0.749. The van der Waals surface area contributed by atoms with E-state index < -0.39 is 0 Å². The molecule has 0 spiro atoms. The Labute approximate surface area is 89.6 Å². The zero-order valence-corrected chi connectivity index (χ0v) is 8.98. The van der Waals surface area contributed by atoms with E-state index in [1.807, 2.05) is 11.4 Å². The lowest BCUT2D eigenvalue weighted by Crippen LogP contribution is -2.01. The van der Waals surface area contributed by atoms with Crippen LogP contribution in [0.3, 0.4) is 0 Å². The fourth-order valence-electron chi connectivity index (χ4n) is 1.11. The Hall–Kier alpha value is -1.07. The van der Waals surface area contributed by atoms with E-state index in [1.165, 1.54) is 17.1 Å². The molecule has 14 heavy (non-hydrogen) atoms. The Balaban J connectivity index is 1.90. The van der Waals surface area contributed by atoms with Gasteiger partial charge in [0.05, 0.1) is 0 Å². The van der Waals surface area contributed by atoms with Crippen molar-refractivity contribution in [2.75, 3.05) is 0 Å². The molecule has 0 amide bonds. The van der Waals surface area contributed by atoms with Gasteiger partial charge in [-0.05, 0) is 40.3 Å². The average molecular weight is 224 g/mol. The summed E-state index contributed by atoms with van der Waals surface area (Å²) in [5.41, 5.74) is 1.71. The Morgan fingerprint density at radius 1 is 1.43 bits per heavy atom. The highest BCUT2D eigenvalue weighted by molar-refractivity contribution is 7.08.